The van der Waals surface area contributed by atoms with Crippen molar-refractivity contribution in [3.05, 3.63) is 28.8 Å². The molecule has 2 N–H and O–H groups in total. The van der Waals surface area contributed by atoms with Crippen molar-refractivity contribution < 1.29 is 13.5 Å². The third-order valence-corrected chi connectivity index (χ3v) is 6.04. The summed E-state index contributed by atoms with van der Waals surface area (Å²) in [4.78, 5) is 0.392. The molecule has 0 aliphatic carbocycles. The topological polar surface area (TPSA) is 66.4 Å². The first kappa shape index (κ1) is 21.1. The van der Waals surface area contributed by atoms with Crippen LogP contribution < -0.4 is 4.72 Å². The molecule has 5 heteroatoms. The Labute approximate surface area is 147 Å². The fourth-order valence-electron chi connectivity index (χ4n) is 2.73. The first-order valence-electron chi connectivity index (χ1n) is 8.85. The van der Waals surface area contributed by atoms with Crippen LogP contribution in [-0.4, -0.2) is 26.2 Å². The summed E-state index contributed by atoms with van der Waals surface area (Å²) in [5.74, 6) is 0.537. The average Bonchev–Trinajstić information content (AvgIpc) is 2.50. The minimum absolute atomic E-state index is 0.0991. The molecule has 0 saturated heterocycles. The van der Waals surface area contributed by atoms with Gasteiger partial charge in [-0.1, -0.05) is 60.6 Å². The van der Waals surface area contributed by atoms with E-state index in [-0.39, 0.29) is 18.4 Å². The van der Waals surface area contributed by atoms with E-state index in [4.69, 9.17) is 0 Å². The first-order chi connectivity index (χ1) is 11.0. The lowest BCUT2D eigenvalue weighted by Gasteiger charge is -2.24. The van der Waals surface area contributed by atoms with E-state index < -0.39 is 16.1 Å². The minimum atomic E-state index is -3.69. The van der Waals surface area contributed by atoms with E-state index in [0.717, 1.165) is 16.7 Å². The maximum absolute atomic E-state index is 13.1. The van der Waals surface area contributed by atoms with Gasteiger partial charge in [-0.3, -0.25) is 0 Å². The molecule has 1 aromatic rings. The molecular formula is C19H33NO3S. The highest BCUT2D eigenvalue weighted by Gasteiger charge is 2.28. The van der Waals surface area contributed by atoms with E-state index >= 15 is 0 Å². The molecule has 1 aromatic carbocycles. The van der Waals surface area contributed by atoms with Gasteiger partial charge in [-0.05, 0) is 40.9 Å². The van der Waals surface area contributed by atoms with Crippen molar-refractivity contribution in [3.8, 4) is 0 Å². The van der Waals surface area contributed by atoms with E-state index in [1.54, 1.807) is 0 Å². The fraction of sp³-hybridized carbons (Fsp3) is 0.684. The zero-order valence-corrected chi connectivity index (χ0v) is 16.9. The molecule has 0 radical (unpaired) electrons. The standard InChI is InChI=1S/C19H33NO3S/c1-8-16(11-21)20-24(22,23)19-17(13(4)5)9-15(12(2)3)10-18(19)14(6)7/h9-10,12-14,16,20-21H,8,11H2,1-7H3. The third kappa shape index (κ3) is 4.80. The van der Waals surface area contributed by atoms with Gasteiger partial charge >= 0.3 is 0 Å². The highest BCUT2D eigenvalue weighted by atomic mass is 32.2. The van der Waals surface area contributed by atoms with Crippen LogP contribution in [0.3, 0.4) is 0 Å². The van der Waals surface area contributed by atoms with Crippen molar-refractivity contribution in [2.24, 2.45) is 0 Å². The van der Waals surface area contributed by atoms with Gasteiger partial charge in [0.05, 0.1) is 11.5 Å². The third-order valence-electron chi connectivity index (χ3n) is 4.38. The maximum Gasteiger partial charge on any atom is 0.241 e. The number of rotatable bonds is 8. The van der Waals surface area contributed by atoms with Crippen molar-refractivity contribution in [1.82, 2.24) is 4.72 Å². The Morgan fingerprint density at radius 3 is 1.71 bits per heavy atom. The molecule has 0 amide bonds. The summed E-state index contributed by atoms with van der Waals surface area (Å²) in [5.41, 5.74) is 2.87. The van der Waals surface area contributed by atoms with Crippen molar-refractivity contribution in [1.29, 1.82) is 0 Å². The lowest BCUT2D eigenvalue weighted by atomic mass is 9.89. The summed E-state index contributed by atoms with van der Waals surface area (Å²) >= 11 is 0. The van der Waals surface area contributed by atoms with E-state index in [0.29, 0.717) is 17.2 Å². The molecular weight excluding hydrogens is 322 g/mol. The molecule has 138 valence electrons. The molecule has 4 nitrogen and oxygen atoms in total. The van der Waals surface area contributed by atoms with Crippen LogP contribution in [0.15, 0.2) is 17.0 Å². The SMILES string of the molecule is CCC(CO)NS(=O)(=O)c1c(C(C)C)cc(C(C)C)cc1C(C)C. The van der Waals surface area contributed by atoms with Gasteiger partial charge < -0.3 is 5.11 Å². The Morgan fingerprint density at radius 1 is 0.958 bits per heavy atom. The van der Waals surface area contributed by atoms with Gasteiger partial charge in [0.1, 0.15) is 0 Å². The lowest BCUT2D eigenvalue weighted by Crippen LogP contribution is -2.38. The average molecular weight is 356 g/mol. The van der Waals surface area contributed by atoms with E-state index in [1.165, 1.54) is 0 Å². The molecule has 1 atom stereocenters. The first-order valence-corrected chi connectivity index (χ1v) is 10.3. The number of hydrogen-bond acceptors (Lipinski definition) is 3. The molecule has 0 spiro atoms. The van der Waals surface area contributed by atoms with Crippen LogP contribution in [0.5, 0.6) is 0 Å². The molecule has 0 fully saturated rings. The van der Waals surface area contributed by atoms with Gasteiger partial charge in [0.25, 0.3) is 0 Å². The van der Waals surface area contributed by atoms with E-state index in [2.05, 4.69) is 18.6 Å². The monoisotopic (exact) mass is 355 g/mol. The summed E-state index contributed by atoms with van der Waals surface area (Å²) in [5, 5.41) is 9.38. The molecule has 1 unspecified atom stereocenters. The normalized spacial score (nSPS) is 14.0. The van der Waals surface area contributed by atoms with Gasteiger partial charge in [0, 0.05) is 6.04 Å². The van der Waals surface area contributed by atoms with Gasteiger partial charge in [-0.25, -0.2) is 13.1 Å². The summed E-state index contributed by atoms with van der Waals surface area (Å²) < 4.78 is 28.8. The summed E-state index contributed by atoms with van der Waals surface area (Å²) in [6.45, 7) is 14.0. The van der Waals surface area contributed by atoms with Crippen LogP contribution in [0.4, 0.5) is 0 Å². The molecule has 0 bridgehead atoms. The highest BCUT2D eigenvalue weighted by Crippen LogP contribution is 2.35. The number of aliphatic hydroxyl groups excluding tert-OH is 1. The van der Waals surface area contributed by atoms with Crippen LogP contribution in [0.2, 0.25) is 0 Å². The van der Waals surface area contributed by atoms with Gasteiger partial charge in [-0.15, -0.1) is 0 Å². The van der Waals surface area contributed by atoms with Crippen LogP contribution in [-0.2, 0) is 10.0 Å². The summed E-state index contributed by atoms with van der Waals surface area (Å²) in [7, 11) is -3.69. The van der Waals surface area contributed by atoms with Gasteiger partial charge in [-0.2, -0.15) is 0 Å². The Bertz CT molecular complexity index is 616. The number of nitrogens with one attached hydrogen (secondary N) is 1. The molecule has 0 saturated carbocycles. The second-order valence-electron chi connectivity index (χ2n) is 7.40. The van der Waals surface area contributed by atoms with Gasteiger partial charge in [0.2, 0.25) is 10.0 Å². The molecule has 0 heterocycles. The van der Waals surface area contributed by atoms with Crippen molar-refractivity contribution in [2.45, 2.75) is 83.6 Å². The number of sulfonamides is 1. The van der Waals surface area contributed by atoms with Crippen LogP contribution in [0.1, 0.15) is 89.3 Å². The second-order valence-corrected chi connectivity index (χ2v) is 9.05. The van der Waals surface area contributed by atoms with Crippen molar-refractivity contribution in [3.63, 3.8) is 0 Å². The quantitative estimate of drug-likeness (QED) is 0.737. The Balaban J connectivity index is 3.65. The smallest absolute Gasteiger partial charge is 0.241 e. The van der Waals surface area contributed by atoms with Crippen molar-refractivity contribution >= 4 is 10.0 Å². The minimum Gasteiger partial charge on any atom is -0.395 e. The molecule has 24 heavy (non-hydrogen) atoms. The summed E-state index contributed by atoms with van der Waals surface area (Å²) in [6, 6.07) is 3.59. The molecule has 1 rings (SSSR count). The van der Waals surface area contributed by atoms with Crippen LogP contribution >= 0.6 is 0 Å². The predicted molar refractivity (Wildman–Crippen MR) is 100 cm³/mol. The highest BCUT2D eigenvalue weighted by molar-refractivity contribution is 7.89. The Morgan fingerprint density at radius 2 is 1.42 bits per heavy atom. The molecule has 0 aromatic heterocycles. The van der Waals surface area contributed by atoms with Gasteiger partial charge in [0.15, 0.2) is 0 Å². The van der Waals surface area contributed by atoms with Crippen LogP contribution in [0.25, 0.3) is 0 Å². The Hall–Kier alpha value is -0.910. The maximum atomic E-state index is 13.1. The van der Waals surface area contributed by atoms with Crippen LogP contribution in [0, 0.1) is 0 Å². The largest absolute Gasteiger partial charge is 0.395 e. The Kier molecular flexibility index (Phi) is 7.44. The number of hydrogen-bond donors (Lipinski definition) is 2. The van der Waals surface area contributed by atoms with E-state index in [1.807, 2.05) is 46.8 Å². The van der Waals surface area contributed by atoms with Crippen molar-refractivity contribution in [2.75, 3.05) is 6.61 Å². The lowest BCUT2D eigenvalue weighted by molar-refractivity contribution is 0.253. The number of benzene rings is 1. The van der Waals surface area contributed by atoms with E-state index in [9.17, 15) is 13.5 Å². The summed E-state index contributed by atoms with van der Waals surface area (Å²) in [6.07, 6.45) is 0.549. The molecule has 0 aliphatic rings. The fourth-order valence-corrected chi connectivity index (χ4v) is 4.74. The zero-order chi connectivity index (χ0) is 18.7. The second kappa shape index (κ2) is 8.45. The predicted octanol–water partition coefficient (Wildman–Crippen LogP) is 4.11. The number of aliphatic hydroxyl groups is 1. The zero-order valence-electron chi connectivity index (χ0n) is 16.1. The molecule has 0 aliphatic heterocycles.